The quantitative estimate of drug-likeness (QED) is 0.866. The lowest BCUT2D eigenvalue weighted by molar-refractivity contribution is -0.128. The first-order valence-corrected chi connectivity index (χ1v) is 5.44. The highest BCUT2D eigenvalue weighted by Gasteiger charge is 2.24. The Labute approximate surface area is 121 Å². The van der Waals surface area contributed by atoms with Crippen LogP contribution in [0.1, 0.15) is 19.5 Å². The summed E-state index contributed by atoms with van der Waals surface area (Å²) in [6, 6.07) is 5.76. The van der Waals surface area contributed by atoms with Crippen molar-refractivity contribution in [2.75, 3.05) is 13.1 Å². The third-order valence-corrected chi connectivity index (χ3v) is 2.52. The van der Waals surface area contributed by atoms with Crippen LogP contribution in [0, 0.1) is 5.41 Å². The van der Waals surface area contributed by atoms with E-state index in [0.717, 1.165) is 12.1 Å². The summed E-state index contributed by atoms with van der Waals surface area (Å²) in [5.74, 6) is -0.00840. The number of pyridine rings is 1. The summed E-state index contributed by atoms with van der Waals surface area (Å²) in [4.78, 5) is 15.9. The molecule has 0 aliphatic rings. The smallest absolute Gasteiger partial charge is 0.226 e. The number of nitrogens with two attached hydrogens (primary N) is 1. The van der Waals surface area contributed by atoms with Gasteiger partial charge in [-0.1, -0.05) is 6.07 Å². The van der Waals surface area contributed by atoms with E-state index >= 15 is 0 Å². The van der Waals surface area contributed by atoms with Crippen molar-refractivity contribution in [1.29, 1.82) is 0 Å². The van der Waals surface area contributed by atoms with Gasteiger partial charge in [-0.2, -0.15) is 0 Å². The van der Waals surface area contributed by atoms with Gasteiger partial charge in [-0.05, 0) is 26.0 Å². The summed E-state index contributed by atoms with van der Waals surface area (Å²) in [6.07, 6.45) is 2.49. The molecule has 0 unspecified atom stereocenters. The molecule has 1 rings (SSSR count). The third kappa shape index (κ3) is 6.19. The fourth-order valence-corrected chi connectivity index (χ4v) is 1.18. The molecule has 0 fully saturated rings. The van der Waals surface area contributed by atoms with Gasteiger partial charge < -0.3 is 11.1 Å². The average molecular weight is 294 g/mol. The third-order valence-electron chi connectivity index (χ3n) is 2.52. The molecular formula is C12H21Cl2N3O. The number of carbonyl (C=O) groups is 1. The summed E-state index contributed by atoms with van der Waals surface area (Å²) in [5, 5.41) is 2.86. The van der Waals surface area contributed by atoms with Gasteiger partial charge in [0.05, 0.1) is 5.41 Å². The van der Waals surface area contributed by atoms with Crippen molar-refractivity contribution >= 4 is 30.7 Å². The van der Waals surface area contributed by atoms with Gasteiger partial charge in [0, 0.05) is 31.4 Å². The molecule has 1 aromatic rings. The molecule has 0 bridgehead atoms. The molecule has 0 aliphatic carbocycles. The first-order valence-electron chi connectivity index (χ1n) is 5.44. The van der Waals surface area contributed by atoms with Crippen molar-refractivity contribution in [2.24, 2.45) is 11.1 Å². The van der Waals surface area contributed by atoms with Crippen LogP contribution in [-0.2, 0) is 11.2 Å². The molecule has 0 aromatic carbocycles. The Morgan fingerprint density at radius 1 is 1.39 bits per heavy atom. The standard InChI is InChI=1S/C12H19N3O.2ClH/c1-12(2,9-13)11(16)15-8-6-10-5-3-4-7-14-10;;/h3-5,7H,6,8-9,13H2,1-2H3,(H,15,16);2*1H. The van der Waals surface area contributed by atoms with Crippen LogP contribution in [0.3, 0.4) is 0 Å². The zero-order valence-corrected chi connectivity index (χ0v) is 12.3. The molecule has 0 saturated carbocycles. The second-order valence-electron chi connectivity index (χ2n) is 4.41. The van der Waals surface area contributed by atoms with E-state index in [0.29, 0.717) is 13.1 Å². The highest BCUT2D eigenvalue weighted by atomic mass is 35.5. The highest BCUT2D eigenvalue weighted by molar-refractivity contribution is 5.85. The van der Waals surface area contributed by atoms with Gasteiger partial charge in [0.2, 0.25) is 5.91 Å². The van der Waals surface area contributed by atoms with Crippen LogP contribution in [0.25, 0.3) is 0 Å². The molecule has 18 heavy (non-hydrogen) atoms. The maximum Gasteiger partial charge on any atom is 0.226 e. The van der Waals surface area contributed by atoms with E-state index in [1.165, 1.54) is 0 Å². The summed E-state index contributed by atoms with van der Waals surface area (Å²) >= 11 is 0. The lowest BCUT2D eigenvalue weighted by Crippen LogP contribution is -2.42. The highest BCUT2D eigenvalue weighted by Crippen LogP contribution is 2.11. The summed E-state index contributed by atoms with van der Waals surface area (Å²) in [6.45, 7) is 4.62. The van der Waals surface area contributed by atoms with Gasteiger partial charge in [0.1, 0.15) is 0 Å². The molecule has 0 radical (unpaired) electrons. The van der Waals surface area contributed by atoms with E-state index < -0.39 is 5.41 Å². The van der Waals surface area contributed by atoms with Crippen LogP contribution in [0.4, 0.5) is 0 Å². The minimum Gasteiger partial charge on any atom is -0.355 e. The Morgan fingerprint density at radius 2 is 2.06 bits per heavy atom. The largest absolute Gasteiger partial charge is 0.355 e. The molecule has 4 nitrogen and oxygen atoms in total. The van der Waals surface area contributed by atoms with Crippen LogP contribution in [0.2, 0.25) is 0 Å². The fourth-order valence-electron chi connectivity index (χ4n) is 1.18. The van der Waals surface area contributed by atoms with Crippen LogP contribution < -0.4 is 11.1 Å². The maximum atomic E-state index is 11.7. The Kier molecular flexibility index (Phi) is 9.90. The van der Waals surface area contributed by atoms with Crippen molar-refractivity contribution in [2.45, 2.75) is 20.3 Å². The SMILES string of the molecule is CC(C)(CN)C(=O)NCCc1ccccn1.Cl.Cl. The number of rotatable bonds is 5. The number of aromatic nitrogens is 1. The fraction of sp³-hybridized carbons (Fsp3) is 0.500. The van der Waals surface area contributed by atoms with Crippen LogP contribution in [0.15, 0.2) is 24.4 Å². The van der Waals surface area contributed by atoms with Gasteiger partial charge in [-0.15, -0.1) is 24.8 Å². The van der Waals surface area contributed by atoms with E-state index in [1.807, 2.05) is 32.0 Å². The van der Waals surface area contributed by atoms with E-state index in [4.69, 9.17) is 5.73 Å². The molecule has 3 N–H and O–H groups in total. The number of hydrogen-bond donors (Lipinski definition) is 2. The zero-order chi connectivity index (χ0) is 12.0. The maximum absolute atomic E-state index is 11.7. The van der Waals surface area contributed by atoms with Crippen LogP contribution in [-0.4, -0.2) is 24.0 Å². The second kappa shape index (κ2) is 9.14. The number of nitrogens with one attached hydrogen (secondary N) is 1. The van der Waals surface area contributed by atoms with Crippen molar-refractivity contribution in [3.8, 4) is 0 Å². The molecule has 1 amide bonds. The number of carbonyl (C=O) groups excluding carboxylic acids is 1. The predicted octanol–water partition coefficient (Wildman–Crippen LogP) is 1.57. The number of hydrogen-bond acceptors (Lipinski definition) is 3. The average Bonchev–Trinajstić information content (AvgIpc) is 2.30. The number of amides is 1. The van der Waals surface area contributed by atoms with E-state index in [9.17, 15) is 4.79 Å². The molecule has 0 saturated heterocycles. The molecule has 6 heteroatoms. The van der Waals surface area contributed by atoms with Crippen molar-refractivity contribution in [3.05, 3.63) is 30.1 Å². The lowest BCUT2D eigenvalue weighted by atomic mass is 9.93. The van der Waals surface area contributed by atoms with Crippen molar-refractivity contribution in [3.63, 3.8) is 0 Å². The van der Waals surface area contributed by atoms with Gasteiger partial charge in [0.15, 0.2) is 0 Å². The van der Waals surface area contributed by atoms with Gasteiger partial charge in [0.25, 0.3) is 0 Å². The Morgan fingerprint density at radius 3 is 2.56 bits per heavy atom. The minimum atomic E-state index is -0.496. The molecule has 0 atom stereocenters. The summed E-state index contributed by atoms with van der Waals surface area (Å²) < 4.78 is 0. The first-order chi connectivity index (χ1) is 7.56. The number of halogens is 2. The molecular weight excluding hydrogens is 273 g/mol. The van der Waals surface area contributed by atoms with E-state index in [-0.39, 0.29) is 30.7 Å². The normalized spacial score (nSPS) is 9.94. The topological polar surface area (TPSA) is 68.0 Å². The Bertz CT molecular complexity index is 344. The van der Waals surface area contributed by atoms with E-state index in [1.54, 1.807) is 6.20 Å². The number of nitrogens with zero attached hydrogens (tertiary/aromatic N) is 1. The van der Waals surface area contributed by atoms with Gasteiger partial charge in [-0.25, -0.2) is 0 Å². The molecule has 0 spiro atoms. The molecule has 0 aliphatic heterocycles. The Balaban J connectivity index is 0. The summed E-state index contributed by atoms with van der Waals surface area (Å²) in [5.41, 5.74) is 6.00. The van der Waals surface area contributed by atoms with Crippen molar-refractivity contribution in [1.82, 2.24) is 10.3 Å². The zero-order valence-electron chi connectivity index (χ0n) is 10.7. The molecule has 1 aromatic heterocycles. The van der Waals surface area contributed by atoms with E-state index in [2.05, 4.69) is 10.3 Å². The predicted molar refractivity (Wildman–Crippen MR) is 78.3 cm³/mol. The minimum absolute atomic E-state index is 0. The van der Waals surface area contributed by atoms with Crippen molar-refractivity contribution < 1.29 is 4.79 Å². The van der Waals surface area contributed by atoms with Gasteiger partial charge >= 0.3 is 0 Å². The van der Waals surface area contributed by atoms with Crippen LogP contribution in [0.5, 0.6) is 0 Å². The monoisotopic (exact) mass is 293 g/mol. The molecule has 1 heterocycles. The lowest BCUT2D eigenvalue weighted by Gasteiger charge is -2.21. The molecule has 104 valence electrons. The second-order valence-corrected chi connectivity index (χ2v) is 4.41. The summed E-state index contributed by atoms with van der Waals surface area (Å²) in [7, 11) is 0. The van der Waals surface area contributed by atoms with Crippen LogP contribution >= 0.6 is 24.8 Å². The first kappa shape index (κ1) is 19.5. The Hall–Kier alpha value is -0.840. The van der Waals surface area contributed by atoms with Gasteiger partial charge in [-0.3, -0.25) is 9.78 Å².